The molecule has 0 aliphatic heterocycles. The zero-order chi connectivity index (χ0) is 13.7. The van der Waals surface area contributed by atoms with Crippen LogP contribution in [0.15, 0.2) is 29.4 Å². The monoisotopic (exact) mass is 263 g/mol. The van der Waals surface area contributed by atoms with Gasteiger partial charge in [0.1, 0.15) is 0 Å². The van der Waals surface area contributed by atoms with E-state index in [1.54, 1.807) is 7.11 Å². The molecule has 0 heterocycles. The summed E-state index contributed by atoms with van der Waals surface area (Å²) in [5, 5.41) is 15.2. The first-order chi connectivity index (χ1) is 9.21. The van der Waals surface area contributed by atoms with Gasteiger partial charge in [0.15, 0.2) is 5.84 Å². The van der Waals surface area contributed by atoms with Crippen LogP contribution >= 0.6 is 0 Å². The standard InChI is InChI=1S/C14H21N3O2/c1-19-14(7-4-8-14)10-16-9-11-5-2-3-6-12(11)13(15)17-18/h2-3,5-6,16,18H,4,7-10H2,1H3,(H2,15,17). The van der Waals surface area contributed by atoms with Crippen LogP contribution in [-0.2, 0) is 11.3 Å². The van der Waals surface area contributed by atoms with Gasteiger partial charge >= 0.3 is 0 Å². The molecule has 1 aromatic rings. The number of rotatable bonds is 6. The van der Waals surface area contributed by atoms with Crippen molar-refractivity contribution in [2.45, 2.75) is 31.4 Å². The highest BCUT2D eigenvalue weighted by molar-refractivity contribution is 5.98. The van der Waals surface area contributed by atoms with Gasteiger partial charge in [0.2, 0.25) is 0 Å². The smallest absolute Gasteiger partial charge is 0.170 e. The highest BCUT2D eigenvalue weighted by Gasteiger charge is 2.36. The lowest BCUT2D eigenvalue weighted by Gasteiger charge is -2.40. The maximum absolute atomic E-state index is 8.78. The maximum atomic E-state index is 8.78. The summed E-state index contributed by atoms with van der Waals surface area (Å²) in [4.78, 5) is 0. The molecule has 0 spiro atoms. The number of nitrogens with zero attached hydrogens (tertiary/aromatic N) is 1. The lowest BCUT2D eigenvalue weighted by atomic mass is 9.80. The first kappa shape index (κ1) is 13.8. The lowest BCUT2D eigenvalue weighted by molar-refractivity contribution is -0.0695. The Kier molecular flexibility index (Phi) is 4.39. The fourth-order valence-corrected chi connectivity index (χ4v) is 2.43. The number of hydrogen-bond donors (Lipinski definition) is 3. The Morgan fingerprint density at radius 1 is 1.47 bits per heavy atom. The van der Waals surface area contributed by atoms with Gasteiger partial charge in [-0.15, -0.1) is 0 Å². The van der Waals surface area contributed by atoms with Gasteiger partial charge in [0, 0.05) is 25.8 Å². The Hall–Kier alpha value is -1.59. The number of benzene rings is 1. The van der Waals surface area contributed by atoms with Crippen LogP contribution < -0.4 is 11.1 Å². The molecule has 1 aromatic carbocycles. The van der Waals surface area contributed by atoms with Crippen molar-refractivity contribution in [1.29, 1.82) is 0 Å². The number of nitrogens with two attached hydrogens (primary N) is 1. The van der Waals surface area contributed by atoms with Gasteiger partial charge in [-0.05, 0) is 24.8 Å². The van der Waals surface area contributed by atoms with E-state index >= 15 is 0 Å². The highest BCUT2D eigenvalue weighted by atomic mass is 16.5. The Labute approximate surface area is 113 Å². The molecule has 5 nitrogen and oxygen atoms in total. The molecule has 0 aromatic heterocycles. The summed E-state index contributed by atoms with van der Waals surface area (Å²) in [5.74, 6) is 0.141. The first-order valence-corrected chi connectivity index (χ1v) is 6.52. The van der Waals surface area contributed by atoms with Crippen molar-refractivity contribution in [1.82, 2.24) is 5.32 Å². The van der Waals surface area contributed by atoms with Crippen LogP contribution in [0.5, 0.6) is 0 Å². The van der Waals surface area contributed by atoms with Crippen molar-refractivity contribution in [3.05, 3.63) is 35.4 Å². The molecular weight excluding hydrogens is 242 g/mol. The van der Waals surface area contributed by atoms with Crippen LogP contribution in [0, 0.1) is 0 Å². The minimum Gasteiger partial charge on any atom is -0.409 e. The Morgan fingerprint density at radius 2 is 2.21 bits per heavy atom. The van der Waals surface area contributed by atoms with Crippen LogP contribution in [0.2, 0.25) is 0 Å². The quantitative estimate of drug-likeness (QED) is 0.314. The second-order valence-corrected chi connectivity index (χ2v) is 4.99. The molecule has 1 saturated carbocycles. The summed E-state index contributed by atoms with van der Waals surface area (Å²) in [7, 11) is 1.77. The van der Waals surface area contributed by atoms with E-state index in [4.69, 9.17) is 15.7 Å². The van der Waals surface area contributed by atoms with Crippen LogP contribution in [-0.4, -0.2) is 30.3 Å². The summed E-state index contributed by atoms with van der Waals surface area (Å²) in [5.41, 5.74) is 7.45. The molecule has 2 rings (SSSR count). The second-order valence-electron chi connectivity index (χ2n) is 4.99. The number of hydrogen-bond acceptors (Lipinski definition) is 4. The SMILES string of the molecule is COC1(CNCc2ccccc2/C(N)=N/O)CCC1. The molecule has 0 atom stereocenters. The summed E-state index contributed by atoms with van der Waals surface area (Å²) >= 11 is 0. The minimum atomic E-state index is 0.00551. The van der Waals surface area contributed by atoms with E-state index in [0.29, 0.717) is 6.54 Å². The third kappa shape index (κ3) is 3.05. The molecule has 19 heavy (non-hydrogen) atoms. The predicted molar refractivity (Wildman–Crippen MR) is 74.3 cm³/mol. The fraction of sp³-hybridized carbons (Fsp3) is 0.500. The van der Waals surface area contributed by atoms with Crippen LogP contribution in [0.4, 0.5) is 0 Å². The molecule has 4 N–H and O–H groups in total. The normalized spacial score (nSPS) is 18.1. The number of amidine groups is 1. The van der Waals surface area contributed by atoms with Crippen LogP contribution in [0.25, 0.3) is 0 Å². The van der Waals surface area contributed by atoms with Gasteiger partial charge in [-0.2, -0.15) is 0 Å². The second kappa shape index (κ2) is 6.04. The van der Waals surface area contributed by atoms with Crippen molar-refractivity contribution in [2.75, 3.05) is 13.7 Å². The summed E-state index contributed by atoms with van der Waals surface area (Å²) in [6, 6.07) is 7.64. The number of oxime groups is 1. The summed E-state index contributed by atoms with van der Waals surface area (Å²) in [6.45, 7) is 1.51. The van der Waals surface area contributed by atoms with Gasteiger partial charge in [0.25, 0.3) is 0 Å². The third-order valence-corrected chi connectivity index (χ3v) is 3.86. The van der Waals surface area contributed by atoms with Crippen molar-refractivity contribution in [2.24, 2.45) is 10.9 Å². The molecule has 0 bridgehead atoms. The van der Waals surface area contributed by atoms with Gasteiger partial charge in [-0.1, -0.05) is 29.4 Å². The van der Waals surface area contributed by atoms with E-state index < -0.39 is 0 Å². The lowest BCUT2D eigenvalue weighted by Crippen LogP contribution is -2.47. The van der Waals surface area contributed by atoms with Crippen molar-refractivity contribution in [3.63, 3.8) is 0 Å². The van der Waals surface area contributed by atoms with E-state index in [-0.39, 0.29) is 11.4 Å². The maximum Gasteiger partial charge on any atom is 0.170 e. The molecule has 1 fully saturated rings. The van der Waals surface area contributed by atoms with Gasteiger partial charge in [-0.3, -0.25) is 0 Å². The average Bonchev–Trinajstić information content (AvgIpc) is 2.41. The van der Waals surface area contributed by atoms with E-state index in [2.05, 4.69) is 10.5 Å². The number of nitrogens with one attached hydrogen (secondary N) is 1. The van der Waals surface area contributed by atoms with Crippen molar-refractivity contribution < 1.29 is 9.94 Å². The third-order valence-electron chi connectivity index (χ3n) is 3.86. The first-order valence-electron chi connectivity index (χ1n) is 6.52. The van der Waals surface area contributed by atoms with Gasteiger partial charge < -0.3 is 21.0 Å². The molecule has 0 amide bonds. The molecule has 1 aliphatic carbocycles. The molecule has 104 valence electrons. The molecule has 1 aliphatic rings. The zero-order valence-corrected chi connectivity index (χ0v) is 11.2. The van der Waals surface area contributed by atoms with Crippen LogP contribution in [0.3, 0.4) is 0 Å². The highest BCUT2D eigenvalue weighted by Crippen LogP contribution is 2.34. The predicted octanol–water partition coefficient (Wildman–Crippen LogP) is 1.44. The number of methoxy groups -OCH3 is 1. The van der Waals surface area contributed by atoms with Gasteiger partial charge in [0.05, 0.1) is 5.60 Å². The Morgan fingerprint density at radius 3 is 2.79 bits per heavy atom. The molecule has 0 saturated heterocycles. The molecule has 5 heteroatoms. The van der Waals surface area contributed by atoms with Gasteiger partial charge in [-0.25, -0.2) is 0 Å². The van der Waals surface area contributed by atoms with Crippen molar-refractivity contribution >= 4 is 5.84 Å². The number of ether oxygens (including phenoxy) is 1. The summed E-state index contributed by atoms with van der Waals surface area (Å²) < 4.78 is 5.56. The molecular formula is C14H21N3O2. The minimum absolute atomic E-state index is 0.00551. The van der Waals surface area contributed by atoms with E-state index in [9.17, 15) is 0 Å². The van der Waals surface area contributed by atoms with E-state index in [1.807, 2.05) is 24.3 Å². The Balaban J connectivity index is 1.96. The van der Waals surface area contributed by atoms with Crippen LogP contribution in [0.1, 0.15) is 30.4 Å². The fourth-order valence-electron chi connectivity index (χ4n) is 2.43. The Bertz CT molecular complexity index is 450. The topological polar surface area (TPSA) is 79.9 Å². The summed E-state index contributed by atoms with van der Waals surface area (Å²) in [6.07, 6.45) is 3.45. The van der Waals surface area contributed by atoms with E-state index in [1.165, 1.54) is 6.42 Å². The largest absolute Gasteiger partial charge is 0.409 e. The molecule has 0 unspecified atom stereocenters. The average molecular weight is 263 g/mol. The molecule has 0 radical (unpaired) electrons. The van der Waals surface area contributed by atoms with E-state index in [0.717, 1.165) is 30.5 Å². The van der Waals surface area contributed by atoms with Crippen molar-refractivity contribution in [3.8, 4) is 0 Å². The zero-order valence-electron chi connectivity index (χ0n) is 11.2.